The molecule has 1 aliphatic rings. The van der Waals surface area contributed by atoms with Gasteiger partial charge in [-0.25, -0.2) is 23.1 Å². The molecular formula is C18H19F3N4O. The maximum Gasteiger partial charge on any atom is 0.270 e. The molecule has 1 aliphatic carbocycles. The van der Waals surface area contributed by atoms with Crippen molar-refractivity contribution in [1.82, 2.24) is 15.3 Å². The van der Waals surface area contributed by atoms with Gasteiger partial charge in [0.15, 0.2) is 17.5 Å². The molecule has 0 saturated heterocycles. The Morgan fingerprint density at radius 2 is 1.81 bits per heavy atom. The molecule has 2 N–H and O–H groups in total. The van der Waals surface area contributed by atoms with E-state index >= 15 is 0 Å². The van der Waals surface area contributed by atoms with E-state index < -0.39 is 17.5 Å². The van der Waals surface area contributed by atoms with Crippen molar-refractivity contribution >= 4 is 17.4 Å². The van der Waals surface area contributed by atoms with Crippen molar-refractivity contribution in [3.63, 3.8) is 0 Å². The van der Waals surface area contributed by atoms with Crippen LogP contribution < -0.4 is 10.6 Å². The molecule has 0 aliphatic heterocycles. The Morgan fingerprint density at radius 3 is 2.54 bits per heavy atom. The number of hydrogen-bond acceptors (Lipinski definition) is 4. The molecule has 0 unspecified atom stereocenters. The summed E-state index contributed by atoms with van der Waals surface area (Å²) in [5.74, 6) is -4.12. The summed E-state index contributed by atoms with van der Waals surface area (Å²) in [5.41, 5.74) is -0.144. The van der Waals surface area contributed by atoms with E-state index in [4.69, 9.17) is 0 Å². The van der Waals surface area contributed by atoms with Crippen LogP contribution in [0.4, 0.5) is 24.7 Å². The van der Waals surface area contributed by atoms with Gasteiger partial charge in [-0.2, -0.15) is 0 Å². The molecule has 1 saturated carbocycles. The standard InChI is InChI=1S/C18H19F3N4O/c1-10-22-14(18(26)24-11-5-3-2-4-6-11)9-15(23-10)25-13-8-7-12(19)16(20)17(13)21/h7-9,11H,2-6H2,1H3,(H,24,26)(H,22,23,25). The average Bonchev–Trinajstić information content (AvgIpc) is 2.62. The van der Waals surface area contributed by atoms with Crippen LogP contribution >= 0.6 is 0 Å². The average molecular weight is 364 g/mol. The topological polar surface area (TPSA) is 66.9 Å². The van der Waals surface area contributed by atoms with Gasteiger partial charge in [0.2, 0.25) is 0 Å². The number of anilines is 2. The first-order valence-electron chi connectivity index (χ1n) is 8.51. The number of carbonyl (C=O) groups is 1. The van der Waals surface area contributed by atoms with Gasteiger partial charge in [0.25, 0.3) is 5.91 Å². The van der Waals surface area contributed by atoms with E-state index in [2.05, 4.69) is 20.6 Å². The molecule has 5 nitrogen and oxygen atoms in total. The van der Waals surface area contributed by atoms with Crippen LogP contribution in [0, 0.1) is 24.4 Å². The highest BCUT2D eigenvalue weighted by molar-refractivity contribution is 5.93. The number of rotatable bonds is 4. The van der Waals surface area contributed by atoms with Crippen LogP contribution in [-0.4, -0.2) is 21.9 Å². The summed E-state index contributed by atoms with van der Waals surface area (Å²) in [6.45, 7) is 1.59. The molecule has 26 heavy (non-hydrogen) atoms. The minimum Gasteiger partial charge on any atom is -0.348 e. The van der Waals surface area contributed by atoms with E-state index in [1.165, 1.54) is 12.5 Å². The van der Waals surface area contributed by atoms with Gasteiger partial charge in [0.1, 0.15) is 17.3 Å². The number of aromatic nitrogens is 2. The zero-order chi connectivity index (χ0) is 18.7. The third kappa shape index (κ3) is 4.12. The van der Waals surface area contributed by atoms with Crippen LogP contribution in [-0.2, 0) is 0 Å². The Labute approximate surface area is 149 Å². The highest BCUT2D eigenvalue weighted by Gasteiger charge is 2.19. The molecule has 3 rings (SSSR count). The molecule has 138 valence electrons. The molecule has 0 spiro atoms. The number of hydrogen-bond donors (Lipinski definition) is 2. The van der Waals surface area contributed by atoms with Crippen molar-refractivity contribution in [2.45, 2.75) is 45.1 Å². The van der Waals surface area contributed by atoms with Crippen molar-refractivity contribution in [3.05, 3.63) is 47.2 Å². The van der Waals surface area contributed by atoms with Crippen LogP contribution in [0.2, 0.25) is 0 Å². The molecule has 1 heterocycles. The fourth-order valence-electron chi connectivity index (χ4n) is 3.01. The van der Waals surface area contributed by atoms with Crippen LogP contribution in [0.15, 0.2) is 18.2 Å². The van der Waals surface area contributed by atoms with Crippen LogP contribution in [0.5, 0.6) is 0 Å². The predicted octanol–water partition coefficient (Wildman–Crippen LogP) is 4.01. The van der Waals surface area contributed by atoms with Gasteiger partial charge in [-0.15, -0.1) is 0 Å². The van der Waals surface area contributed by atoms with Crippen molar-refractivity contribution in [1.29, 1.82) is 0 Å². The number of nitrogens with zero attached hydrogens (tertiary/aromatic N) is 2. The Hall–Kier alpha value is -2.64. The Bertz CT molecular complexity index is 822. The number of halogens is 3. The predicted molar refractivity (Wildman–Crippen MR) is 90.7 cm³/mol. The van der Waals surface area contributed by atoms with Crippen LogP contribution in [0.25, 0.3) is 0 Å². The van der Waals surface area contributed by atoms with Crippen LogP contribution in [0.1, 0.15) is 48.4 Å². The van der Waals surface area contributed by atoms with Gasteiger partial charge in [-0.1, -0.05) is 19.3 Å². The van der Waals surface area contributed by atoms with Crippen LogP contribution in [0.3, 0.4) is 0 Å². The largest absolute Gasteiger partial charge is 0.348 e. The number of benzene rings is 1. The molecule has 1 amide bonds. The zero-order valence-electron chi connectivity index (χ0n) is 14.3. The van der Waals surface area contributed by atoms with Gasteiger partial charge in [0, 0.05) is 12.1 Å². The van der Waals surface area contributed by atoms with Gasteiger partial charge >= 0.3 is 0 Å². The highest BCUT2D eigenvalue weighted by Crippen LogP contribution is 2.23. The summed E-state index contributed by atoms with van der Waals surface area (Å²) < 4.78 is 40.2. The van der Waals surface area contributed by atoms with Crippen molar-refractivity contribution in [3.8, 4) is 0 Å². The molecule has 1 aromatic carbocycles. The Balaban J connectivity index is 1.79. The maximum absolute atomic E-state index is 13.8. The van der Waals surface area contributed by atoms with Crippen molar-refractivity contribution < 1.29 is 18.0 Å². The summed E-state index contributed by atoms with van der Waals surface area (Å²) >= 11 is 0. The van der Waals surface area contributed by atoms with Gasteiger partial charge in [-0.05, 0) is 31.9 Å². The molecule has 0 radical (unpaired) electrons. The Morgan fingerprint density at radius 1 is 1.08 bits per heavy atom. The third-order valence-electron chi connectivity index (χ3n) is 4.31. The second-order valence-corrected chi connectivity index (χ2v) is 6.34. The molecule has 0 atom stereocenters. The summed E-state index contributed by atoms with van der Waals surface area (Å²) in [6.07, 6.45) is 5.20. The minimum atomic E-state index is -1.57. The fourth-order valence-corrected chi connectivity index (χ4v) is 3.01. The lowest BCUT2D eigenvalue weighted by molar-refractivity contribution is 0.0922. The number of aryl methyl sites for hydroxylation is 1. The summed E-state index contributed by atoms with van der Waals surface area (Å²) in [4.78, 5) is 20.6. The first kappa shape index (κ1) is 18.2. The van der Waals surface area contributed by atoms with E-state index in [9.17, 15) is 18.0 Å². The van der Waals surface area contributed by atoms with Gasteiger partial charge in [0.05, 0.1) is 5.69 Å². The number of carbonyl (C=O) groups excluding carboxylic acids is 1. The second-order valence-electron chi connectivity index (χ2n) is 6.34. The third-order valence-corrected chi connectivity index (χ3v) is 4.31. The highest BCUT2D eigenvalue weighted by atomic mass is 19.2. The first-order valence-corrected chi connectivity index (χ1v) is 8.51. The summed E-state index contributed by atoms with van der Waals surface area (Å²) in [7, 11) is 0. The Kier molecular flexibility index (Phi) is 5.39. The smallest absolute Gasteiger partial charge is 0.270 e. The molecule has 2 aromatic rings. The van der Waals surface area contributed by atoms with Crippen molar-refractivity contribution in [2.75, 3.05) is 5.32 Å². The quantitative estimate of drug-likeness (QED) is 0.805. The van der Waals surface area contributed by atoms with E-state index in [0.717, 1.165) is 37.8 Å². The first-order chi connectivity index (χ1) is 12.4. The van der Waals surface area contributed by atoms with E-state index in [1.54, 1.807) is 6.92 Å². The molecule has 8 heteroatoms. The molecular weight excluding hydrogens is 345 g/mol. The lowest BCUT2D eigenvalue weighted by Gasteiger charge is -2.22. The fraction of sp³-hybridized carbons (Fsp3) is 0.389. The van der Waals surface area contributed by atoms with E-state index in [1.807, 2.05) is 0 Å². The molecule has 1 aromatic heterocycles. The molecule has 0 bridgehead atoms. The summed E-state index contributed by atoms with van der Waals surface area (Å²) in [5, 5.41) is 5.51. The normalized spacial score (nSPS) is 14.9. The monoisotopic (exact) mass is 364 g/mol. The molecule has 1 fully saturated rings. The zero-order valence-corrected chi connectivity index (χ0v) is 14.3. The lowest BCUT2D eigenvalue weighted by Crippen LogP contribution is -2.36. The van der Waals surface area contributed by atoms with Gasteiger partial charge < -0.3 is 10.6 Å². The second kappa shape index (κ2) is 7.72. The SMILES string of the molecule is Cc1nc(Nc2ccc(F)c(F)c2F)cc(C(=O)NC2CCCCC2)n1. The minimum absolute atomic E-state index is 0.117. The van der Waals surface area contributed by atoms with Gasteiger partial charge in [-0.3, -0.25) is 4.79 Å². The summed E-state index contributed by atoms with van der Waals surface area (Å²) in [6, 6.07) is 3.34. The lowest BCUT2D eigenvalue weighted by atomic mass is 9.95. The number of nitrogens with one attached hydrogen (secondary N) is 2. The number of amides is 1. The maximum atomic E-state index is 13.8. The van der Waals surface area contributed by atoms with E-state index in [0.29, 0.717) is 5.82 Å². The van der Waals surface area contributed by atoms with E-state index in [-0.39, 0.29) is 29.1 Å². The van der Waals surface area contributed by atoms with Crippen molar-refractivity contribution in [2.24, 2.45) is 0 Å².